The number of fused-ring (bicyclic) bond motifs is 9. The van der Waals surface area contributed by atoms with Crippen LogP contribution in [-0.4, -0.2) is 23.7 Å². The van der Waals surface area contributed by atoms with Crippen LogP contribution in [0.5, 0.6) is 0 Å². The predicted molar refractivity (Wildman–Crippen MR) is 336 cm³/mol. The van der Waals surface area contributed by atoms with Gasteiger partial charge in [-0.1, -0.05) is 158 Å². The number of aromatic nitrogens is 5. The molecule has 15 rings (SSSR count). The van der Waals surface area contributed by atoms with E-state index in [2.05, 4.69) is 204 Å². The van der Waals surface area contributed by atoms with Crippen molar-refractivity contribution in [3.63, 3.8) is 0 Å². The third-order valence-corrected chi connectivity index (χ3v) is 16.0. The van der Waals surface area contributed by atoms with E-state index in [0.29, 0.717) is 56.3 Å². The van der Waals surface area contributed by atoms with E-state index in [1.54, 1.807) is 48.5 Å². The highest BCUT2D eigenvalue weighted by atomic mass is 15.0. The Morgan fingerprint density at radius 3 is 1.19 bits per heavy atom. The first-order valence-electron chi connectivity index (χ1n) is 27.0. The number of hydrogen-bond donors (Lipinski definition) is 0. The largest absolute Gasteiger partial charge is 0.309 e. The van der Waals surface area contributed by atoms with Crippen LogP contribution in [0.4, 0.5) is 17.1 Å². The molecule has 0 amide bonds. The van der Waals surface area contributed by atoms with Crippen molar-refractivity contribution < 1.29 is 0 Å². The Bertz CT molecular complexity index is 5020. The lowest BCUT2D eigenvalue weighted by atomic mass is 9.94. The Morgan fingerprint density at radius 2 is 0.699 bits per heavy atom. The van der Waals surface area contributed by atoms with Crippen molar-refractivity contribution in [1.29, 1.82) is 5.26 Å². The molecule has 0 fully saturated rings. The van der Waals surface area contributed by atoms with E-state index in [4.69, 9.17) is 29.7 Å². The first kappa shape index (κ1) is 48.0. The molecule has 0 atom stereocenters. The molecule has 0 aliphatic heterocycles. The van der Waals surface area contributed by atoms with Crippen LogP contribution in [0.3, 0.4) is 0 Å². The average Bonchev–Trinajstić information content (AvgIpc) is 4.31. The topological polar surface area (TPSA) is 77.4 Å². The fourth-order valence-electron chi connectivity index (χ4n) is 12.2. The first-order valence-corrected chi connectivity index (χ1v) is 27.0. The normalized spacial score (nSPS) is 11.3. The molecular formula is C74H41N9. The maximum Gasteiger partial charge on any atom is 0.198 e. The van der Waals surface area contributed by atoms with E-state index in [1.165, 1.54) is 21.5 Å². The summed E-state index contributed by atoms with van der Waals surface area (Å²) in [6, 6.07) is 86.9. The summed E-state index contributed by atoms with van der Waals surface area (Å²) in [5, 5.41) is 17.9. The molecular weight excluding hydrogens is 1010 g/mol. The SMILES string of the molecule is [C-]#[N+]c1cc(-c2cc(-c3ccccc3[N+]#[C-])nc(-c3ccccc3[N+]#[C-])n2)c(C#N)cc1-c1ccc(-c2ccc(-n3c4ccc(-n5c6ccccc6c6ccccc65)cc4c4cc(-n5c6ccccc6c6ccccc65)ccc43)cc2)cc1. The Balaban J connectivity index is 0.813. The fraction of sp³-hybridized carbons (Fsp3) is 0. The lowest BCUT2D eigenvalue weighted by molar-refractivity contribution is 1.16. The summed E-state index contributed by atoms with van der Waals surface area (Å²) in [5.74, 6) is 0.273. The van der Waals surface area contributed by atoms with Crippen LogP contribution in [0.25, 0.3) is 153 Å². The van der Waals surface area contributed by atoms with Crippen LogP contribution in [-0.2, 0) is 0 Å². The minimum absolute atomic E-state index is 0.273. The van der Waals surface area contributed by atoms with Crippen molar-refractivity contribution in [2.45, 2.75) is 0 Å². The molecule has 9 heteroatoms. The number of nitriles is 1. The highest BCUT2D eigenvalue weighted by molar-refractivity contribution is 6.14. The molecule has 4 aromatic heterocycles. The second kappa shape index (κ2) is 19.3. The molecule has 15 aromatic rings. The monoisotopic (exact) mass is 1060 g/mol. The van der Waals surface area contributed by atoms with E-state index < -0.39 is 0 Å². The van der Waals surface area contributed by atoms with Crippen LogP contribution in [0.15, 0.2) is 249 Å². The maximum absolute atomic E-state index is 10.7. The highest BCUT2D eigenvalue weighted by Gasteiger charge is 2.22. The van der Waals surface area contributed by atoms with Gasteiger partial charge in [-0.25, -0.2) is 24.5 Å². The average molecular weight is 1060 g/mol. The van der Waals surface area contributed by atoms with Crippen LogP contribution in [0.1, 0.15) is 5.56 Å². The van der Waals surface area contributed by atoms with Crippen molar-refractivity contribution >= 4 is 82.5 Å². The lowest BCUT2D eigenvalue weighted by Gasteiger charge is -2.14. The number of hydrogen-bond acceptors (Lipinski definition) is 3. The van der Waals surface area contributed by atoms with Crippen LogP contribution >= 0.6 is 0 Å². The minimum Gasteiger partial charge on any atom is -0.309 e. The highest BCUT2D eigenvalue weighted by Crippen LogP contribution is 2.43. The zero-order valence-electron chi connectivity index (χ0n) is 44.2. The summed E-state index contributed by atoms with van der Waals surface area (Å²) in [6.45, 7) is 24.1. The quantitative estimate of drug-likeness (QED) is 0.142. The Hall–Kier alpha value is -12.1. The third kappa shape index (κ3) is 7.74. The van der Waals surface area contributed by atoms with Gasteiger partial charge in [0.15, 0.2) is 17.1 Å². The van der Waals surface area contributed by atoms with Gasteiger partial charge < -0.3 is 13.7 Å². The van der Waals surface area contributed by atoms with Crippen LogP contribution < -0.4 is 0 Å². The second-order valence-electron chi connectivity index (χ2n) is 20.5. The van der Waals surface area contributed by atoms with E-state index in [1.807, 2.05) is 30.3 Å². The molecule has 83 heavy (non-hydrogen) atoms. The van der Waals surface area contributed by atoms with Gasteiger partial charge in [0.25, 0.3) is 0 Å². The van der Waals surface area contributed by atoms with Crippen molar-refractivity contribution in [1.82, 2.24) is 23.7 Å². The van der Waals surface area contributed by atoms with Gasteiger partial charge in [-0.2, -0.15) is 5.26 Å². The van der Waals surface area contributed by atoms with E-state index in [0.717, 1.165) is 77.6 Å². The lowest BCUT2D eigenvalue weighted by Crippen LogP contribution is -1.98. The molecule has 9 nitrogen and oxygen atoms in total. The standard InChI is InChI=1S/C74H41N9/c1-76-63-22-10-4-20-57(63)66-44-67(80-74(79-66)58-21-5-11-23-64(58)77-2)60-43-65(78-3)59(40-49(60)45-75)48-30-28-46(29-31-48)47-32-34-50(35-33-47)81-72-38-36-51(82-68-24-12-6-16-53(68)54-17-7-13-25-69(54)82)41-61(72)62-42-52(37-39-73(62)81)83-70-26-14-8-18-55(70)56-19-9-15-27-71(56)83/h4-44H. The molecule has 11 aromatic carbocycles. The second-order valence-corrected chi connectivity index (χ2v) is 20.5. The Labute approximate surface area is 476 Å². The summed E-state index contributed by atoms with van der Waals surface area (Å²) >= 11 is 0. The Kier molecular flexibility index (Phi) is 11.2. The zero-order valence-corrected chi connectivity index (χ0v) is 44.2. The smallest absolute Gasteiger partial charge is 0.198 e. The number of para-hydroxylation sites is 6. The van der Waals surface area contributed by atoms with Gasteiger partial charge in [0.2, 0.25) is 0 Å². The summed E-state index contributed by atoms with van der Waals surface area (Å²) in [6.07, 6.45) is 0. The number of rotatable bonds is 8. The number of benzene rings is 11. The fourth-order valence-corrected chi connectivity index (χ4v) is 12.2. The number of nitrogens with zero attached hydrogens (tertiary/aromatic N) is 9. The van der Waals surface area contributed by atoms with Gasteiger partial charge in [-0.15, -0.1) is 0 Å². The Morgan fingerprint density at radius 1 is 0.313 bits per heavy atom. The maximum atomic E-state index is 10.7. The van der Waals surface area contributed by atoms with Gasteiger partial charge in [0.05, 0.1) is 75.8 Å². The van der Waals surface area contributed by atoms with E-state index in [-0.39, 0.29) is 5.82 Å². The van der Waals surface area contributed by atoms with Gasteiger partial charge in [0, 0.05) is 66.1 Å². The minimum atomic E-state index is 0.273. The van der Waals surface area contributed by atoms with Crippen molar-refractivity contribution in [2.24, 2.45) is 0 Å². The van der Waals surface area contributed by atoms with Crippen LogP contribution in [0, 0.1) is 31.0 Å². The zero-order chi connectivity index (χ0) is 55.7. The summed E-state index contributed by atoms with van der Waals surface area (Å²) in [5.41, 5.74) is 17.3. The molecule has 0 spiro atoms. The molecule has 4 heterocycles. The van der Waals surface area contributed by atoms with Crippen molar-refractivity contribution in [3.05, 3.63) is 289 Å². The van der Waals surface area contributed by atoms with Crippen LogP contribution in [0.2, 0.25) is 0 Å². The molecule has 0 unspecified atom stereocenters. The molecule has 0 aliphatic rings. The molecule has 0 saturated carbocycles. The molecule has 0 radical (unpaired) electrons. The van der Waals surface area contributed by atoms with E-state index in [9.17, 15) is 5.26 Å². The third-order valence-electron chi connectivity index (χ3n) is 16.0. The van der Waals surface area contributed by atoms with Gasteiger partial charge in [-0.05, 0) is 113 Å². The van der Waals surface area contributed by atoms with Gasteiger partial charge in [-0.3, -0.25) is 0 Å². The summed E-state index contributed by atoms with van der Waals surface area (Å²) < 4.78 is 7.14. The predicted octanol–water partition coefficient (Wildman–Crippen LogP) is 19.6. The molecule has 382 valence electrons. The van der Waals surface area contributed by atoms with E-state index >= 15 is 0 Å². The molecule has 0 saturated heterocycles. The van der Waals surface area contributed by atoms with Crippen molar-refractivity contribution in [3.8, 4) is 79.3 Å². The molecule has 0 N–H and O–H groups in total. The summed E-state index contributed by atoms with van der Waals surface area (Å²) in [7, 11) is 0. The molecule has 0 bridgehead atoms. The first-order chi connectivity index (χ1) is 41.0. The summed E-state index contributed by atoms with van der Waals surface area (Å²) in [4.78, 5) is 21.2. The van der Waals surface area contributed by atoms with Crippen molar-refractivity contribution in [2.75, 3.05) is 0 Å². The van der Waals surface area contributed by atoms with Gasteiger partial charge in [0.1, 0.15) is 5.82 Å². The van der Waals surface area contributed by atoms with Gasteiger partial charge >= 0.3 is 0 Å². The molecule has 0 aliphatic carbocycles.